The molecule has 0 amide bonds. The van der Waals surface area contributed by atoms with Crippen molar-refractivity contribution < 1.29 is 4.74 Å². The van der Waals surface area contributed by atoms with E-state index in [1.807, 2.05) is 19.1 Å². The van der Waals surface area contributed by atoms with Gasteiger partial charge in [0, 0.05) is 10.6 Å². The maximum atomic E-state index is 9.08. The molecule has 0 unspecified atom stereocenters. The third kappa shape index (κ3) is 2.61. The fourth-order valence-electron chi connectivity index (χ4n) is 1.58. The number of hydrogen-bond donors (Lipinski definition) is 0. The first kappa shape index (κ1) is 12.4. The Balaban J connectivity index is 2.41. The molecule has 0 saturated heterocycles. The van der Waals surface area contributed by atoms with Crippen molar-refractivity contribution in [3.05, 3.63) is 47.1 Å². The van der Waals surface area contributed by atoms with Crippen LogP contribution in [0.5, 0.6) is 5.75 Å². The molecule has 3 nitrogen and oxygen atoms in total. The van der Waals surface area contributed by atoms with E-state index in [1.54, 1.807) is 24.4 Å². The number of aromatic nitrogens is 1. The summed E-state index contributed by atoms with van der Waals surface area (Å²) in [6, 6.07) is 11.1. The number of rotatable bonds is 3. The largest absolute Gasteiger partial charge is 0.491 e. The molecule has 0 atom stereocenters. The zero-order valence-electron chi connectivity index (χ0n) is 9.85. The summed E-state index contributed by atoms with van der Waals surface area (Å²) in [4.78, 5) is 4.29. The molecule has 0 bridgehead atoms. The summed E-state index contributed by atoms with van der Waals surface area (Å²) in [6.45, 7) is 2.38. The van der Waals surface area contributed by atoms with E-state index in [4.69, 9.17) is 21.6 Å². The maximum absolute atomic E-state index is 9.08. The number of nitriles is 1. The lowest BCUT2D eigenvalue weighted by Crippen LogP contribution is -1.96. The maximum Gasteiger partial charge on any atom is 0.155 e. The third-order valence-corrected chi connectivity index (χ3v) is 2.68. The second kappa shape index (κ2) is 5.52. The molecule has 1 heterocycles. The van der Waals surface area contributed by atoms with E-state index in [0.717, 1.165) is 11.3 Å². The van der Waals surface area contributed by atoms with Crippen molar-refractivity contribution in [2.75, 3.05) is 6.61 Å². The summed E-state index contributed by atoms with van der Waals surface area (Å²) in [5, 5.41) is 9.75. The second-order valence-electron chi connectivity index (χ2n) is 3.62. The molecule has 2 aromatic rings. The molecule has 2 rings (SSSR count). The minimum atomic E-state index is 0.483. The molecule has 0 aliphatic rings. The Labute approximate surface area is 111 Å². The van der Waals surface area contributed by atoms with Crippen LogP contribution < -0.4 is 4.74 Å². The Morgan fingerprint density at radius 3 is 2.67 bits per heavy atom. The number of pyridine rings is 1. The summed E-state index contributed by atoms with van der Waals surface area (Å²) >= 11 is 5.83. The van der Waals surface area contributed by atoms with Gasteiger partial charge in [0.2, 0.25) is 0 Å². The van der Waals surface area contributed by atoms with Crippen molar-refractivity contribution >= 4 is 11.6 Å². The van der Waals surface area contributed by atoms with E-state index in [2.05, 4.69) is 11.1 Å². The van der Waals surface area contributed by atoms with Crippen molar-refractivity contribution in [2.24, 2.45) is 0 Å². The van der Waals surface area contributed by atoms with Crippen LogP contribution in [0.4, 0.5) is 0 Å². The Hall–Kier alpha value is -2.05. The predicted octanol–water partition coefficient (Wildman–Crippen LogP) is 3.67. The fourth-order valence-corrected chi connectivity index (χ4v) is 1.71. The van der Waals surface area contributed by atoms with Gasteiger partial charge in [0.25, 0.3) is 0 Å². The average molecular weight is 259 g/mol. The van der Waals surface area contributed by atoms with Crippen molar-refractivity contribution in [3.63, 3.8) is 0 Å². The summed E-state index contributed by atoms with van der Waals surface area (Å²) in [5.74, 6) is 0.512. The molecule has 1 aromatic heterocycles. The Morgan fingerprint density at radius 1 is 1.33 bits per heavy atom. The highest BCUT2D eigenvalue weighted by Gasteiger charge is 2.07. The first-order valence-corrected chi connectivity index (χ1v) is 5.91. The van der Waals surface area contributed by atoms with Crippen LogP contribution in [0.1, 0.15) is 12.5 Å². The van der Waals surface area contributed by atoms with Gasteiger partial charge in [-0.2, -0.15) is 5.26 Å². The molecular weight excluding hydrogens is 248 g/mol. The van der Waals surface area contributed by atoms with Gasteiger partial charge < -0.3 is 4.74 Å². The van der Waals surface area contributed by atoms with E-state index < -0.39 is 0 Å². The number of halogens is 1. The van der Waals surface area contributed by atoms with Gasteiger partial charge >= 0.3 is 0 Å². The van der Waals surface area contributed by atoms with Crippen LogP contribution in [0.2, 0.25) is 5.02 Å². The van der Waals surface area contributed by atoms with E-state index in [0.29, 0.717) is 22.9 Å². The first-order chi connectivity index (χ1) is 8.74. The van der Waals surface area contributed by atoms with Gasteiger partial charge in [-0.3, -0.25) is 4.98 Å². The monoisotopic (exact) mass is 258 g/mol. The molecule has 0 aliphatic carbocycles. The number of nitrogens with zero attached hydrogens (tertiary/aromatic N) is 2. The van der Waals surface area contributed by atoms with Crippen LogP contribution in [0, 0.1) is 11.3 Å². The fraction of sp³-hybridized carbons (Fsp3) is 0.143. The van der Waals surface area contributed by atoms with E-state index in [9.17, 15) is 0 Å². The number of ether oxygens (including phenoxy) is 1. The Bertz CT molecular complexity index is 588. The Morgan fingerprint density at radius 2 is 2.06 bits per heavy atom. The molecule has 0 aliphatic heterocycles. The van der Waals surface area contributed by atoms with E-state index in [-0.39, 0.29) is 0 Å². The zero-order valence-corrected chi connectivity index (χ0v) is 10.6. The lowest BCUT2D eigenvalue weighted by molar-refractivity contribution is 0.338. The smallest absolute Gasteiger partial charge is 0.155 e. The van der Waals surface area contributed by atoms with Gasteiger partial charge in [0.15, 0.2) is 5.75 Å². The highest BCUT2D eigenvalue weighted by atomic mass is 35.5. The topological polar surface area (TPSA) is 45.9 Å². The van der Waals surface area contributed by atoms with Crippen LogP contribution in [-0.2, 0) is 0 Å². The van der Waals surface area contributed by atoms with Crippen LogP contribution in [0.15, 0.2) is 36.5 Å². The minimum absolute atomic E-state index is 0.483. The van der Waals surface area contributed by atoms with Gasteiger partial charge in [0.05, 0.1) is 24.1 Å². The summed E-state index contributed by atoms with van der Waals surface area (Å²) in [7, 11) is 0. The van der Waals surface area contributed by atoms with Crippen LogP contribution >= 0.6 is 11.6 Å². The molecule has 0 N–H and O–H groups in total. The second-order valence-corrected chi connectivity index (χ2v) is 4.05. The number of hydrogen-bond acceptors (Lipinski definition) is 3. The van der Waals surface area contributed by atoms with Crippen LogP contribution in [-0.4, -0.2) is 11.6 Å². The standard InChI is InChI=1S/C14H11ClN2O/c1-2-18-14-9-17-13(7-11(14)8-16)10-3-5-12(15)6-4-10/h3-7,9H,2H2,1H3. The Kier molecular flexibility index (Phi) is 3.81. The molecule has 0 saturated carbocycles. The quantitative estimate of drug-likeness (QED) is 0.844. The van der Waals surface area contributed by atoms with Crippen LogP contribution in [0.3, 0.4) is 0 Å². The van der Waals surface area contributed by atoms with Gasteiger partial charge in [-0.05, 0) is 25.1 Å². The van der Waals surface area contributed by atoms with Gasteiger partial charge in [0.1, 0.15) is 6.07 Å². The minimum Gasteiger partial charge on any atom is -0.491 e. The van der Waals surface area contributed by atoms with E-state index >= 15 is 0 Å². The van der Waals surface area contributed by atoms with Gasteiger partial charge in [-0.25, -0.2) is 0 Å². The summed E-state index contributed by atoms with van der Waals surface area (Å²) in [5.41, 5.74) is 2.13. The normalized spacial score (nSPS) is 9.83. The van der Waals surface area contributed by atoms with Crippen molar-refractivity contribution in [3.8, 4) is 23.1 Å². The van der Waals surface area contributed by atoms with Gasteiger partial charge in [-0.15, -0.1) is 0 Å². The zero-order chi connectivity index (χ0) is 13.0. The lowest BCUT2D eigenvalue weighted by atomic mass is 10.1. The molecule has 18 heavy (non-hydrogen) atoms. The molecule has 0 spiro atoms. The van der Waals surface area contributed by atoms with Crippen molar-refractivity contribution in [1.29, 1.82) is 5.26 Å². The lowest BCUT2D eigenvalue weighted by Gasteiger charge is -2.07. The molecular formula is C14H11ClN2O. The van der Waals surface area contributed by atoms with Crippen molar-refractivity contribution in [2.45, 2.75) is 6.92 Å². The van der Waals surface area contributed by atoms with E-state index in [1.165, 1.54) is 0 Å². The molecule has 0 fully saturated rings. The molecule has 1 aromatic carbocycles. The third-order valence-electron chi connectivity index (χ3n) is 2.43. The van der Waals surface area contributed by atoms with Crippen molar-refractivity contribution in [1.82, 2.24) is 4.98 Å². The highest BCUT2D eigenvalue weighted by molar-refractivity contribution is 6.30. The SMILES string of the molecule is CCOc1cnc(-c2ccc(Cl)cc2)cc1C#N. The van der Waals surface area contributed by atoms with Crippen LogP contribution in [0.25, 0.3) is 11.3 Å². The molecule has 4 heteroatoms. The first-order valence-electron chi connectivity index (χ1n) is 5.53. The molecule has 0 radical (unpaired) electrons. The summed E-state index contributed by atoms with van der Waals surface area (Å²) < 4.78 is 5.33. The van der Waals surface area contributed by atoms with Gasteiger partial charge in [-0.1, -0.05) is 23.7 Å². The highest BCUT2D eigenvalue weighted by Crippen LogP contribution is 2.24. The summed E-state index contributed by atoms with van der Waals surface area (Å²) in [6.07, 6.45) is 1.58. The predicted molar refractivity (Wildman–Crippen MR) is 70.6 cm³/mol. The number of benzene rings is 1. The molecule has 90 valence electrons. The average Bonchev–Trinajstić information content (AvgIpc) is 2.40.